The molecule has 2 rings (SSSR count). The van der Waals surface area contributed by atoms with Crippen LogP contribution in [-0.2, 0) is 16.0 Å². The Balaban J connectivity index is 2.04. The molecule has 0 saturated heterocycles. The van der Waals surface area contributed by atoms with E-state index in [1.165, 1.54) is 18.3 Å². The number of rotatable bonds is 6. The summed E-state index contributed by atoms with van der Waals surface area (Å²) in [7, 11) is 0. The quantitative estimate of drug-likeness (QED) is 0.851. The van der Waals surface area contributed by atoms with Crippen molar-refractivity contribution >= 4 is 23.2 Å². The third kappa shape index (κ3) is 3.67. The Morgan fingerprint density at radius 1 is 1.45 bits per heavy atom. The summed E-state index contributed by atoms with van der Waals surface area (Å²) in [6.45, 7) is 3.22. The molecule has 2 heterocycles. The molecule has 0 aliphatic heterocycles. The molecular weight excluding hydrogens is 302 g/mol. The van der Waals surface area contributed by atoms with Gasteiger partial charge in [-0.25, -0.2) is 9.78 Å². The zero-order valence-corrected chi connectivity index (χ0v) is 13.2. The number of carboxylic acids is 1. The third-order valence-corrected chi connectivity index (χ3v) is 4.34. The Labute approximate surface area is 132 Å². The second-order valence-corrected chi connectivity index (χ2v) is 5.96. The van der Waals surface area contributed by atoms with E-state index in [0.717, 1.165) is 10.6 Å². The summed E-state index contributed by atoms with van der Waals surface area (Å²) in [4.78, 5) is 31.6. The van der Waals surface area contributed by atoms with Gasteiger partial charge in [-0.1, -0.05) is 6.92 Å². The summed E-state index contributed by atoms with van der Waals surface area (Å²) in [6, 6.07) is 3.72. The fraction of sp³-hybridized carbons (Fsp3) is 0.333. The first kappa shape index (κ1) is 16.1. The Kier molecular flexibility index (Phi) is 4.87. The van der Waals surface area contributed by atoms with Gasteiger partial charge in [0.2, 0.25) is 5.91 Å². The monoisotopic (exact) mass is 319 g/mol. The van der Waals surface area contributed by atoms with Crippen molar-refractivity contribution in [2.24, 2.45) is 0 Å². The van der Waals surface area contributed by atoms with E-state index in [1.54, 1.807) is 24.7 Å². The number of carboxylic acid groups (broad SMARTS) is 1. The Hall–Kier alpha value is -2.28. The molecule has 6 nitrogen and oxygen atoms in total. The molecule has 0 spiro atoms. The maximum Gasteiger partial charge on any atom is 0.329 e. The van der Waals surface area contributed by atoms with Crippen LogP contribution in [0, 0.1) is 0 Å². The standard InChI is InChI=1S/C15H17N3O3S/c1-3-15(2,14(20)21)18-12(19)7-11-9-22-13(17-11)10-5-4-6-16-8-10/h4-6,8-9H,3,7H2,1-2H3,(H,18,19)(H,20,21). The van der Waals surface area contributed by atoms with Crippen LogP contribution >= 0.6 is 11.3 Å². The van der Waals surface area contributed by atoms with Crippen LogP contribution in [0.15, 0.2) is 29.9 Å². The van der Waals surface area contributed by atoms with E-state index in [-0.39, 0.29) is 12.3 Å². The molecule has 1 amide bonds. The average Bonchev–Trinajstić information content (AvgIpc) is 2.96. The second kappa shape index (κ2) is 6.65. The van der Waals surface area contributed by atoms with Crippen molar-refractivity contribution in [1.82, 2.24) is 15.3 Å². The average molecular weight is 319 g/mol. The van der Waals surface area contributed by atoms with Crippen LogP contribution in [0.3, 0.4) is 0 Å². The van der Waals surface area contributed by atoms with Gasteiger partial charge < -0.3 is 10.4 Å². The van der Waals surface area contributed by atoms with Crippen LogP contribution in [0.25, 0.3) is 10.6 Å². The van der Waals surface area contributed by atoms with Gasteiger partial charge in [0, 0.05) is 23.3 Å². The number of thiazole rings is 1. The molecule has 22 heavy (non-hydrogen) atoms. The Morgan fingerprint density at radius 3 is 2.82 bits per heavy atom. The molecule has 1 atom stereocenters. The smallest absolute Gasteiger partial charge is 0.329 e. The number of carbonyl (C=O) groups is 2. The summed E-state index contributed by atoms with van der Waals surface area (Å²) in [6.07, 6.45) is 3.76. The van der Waals surface area contributed by atoms with Gasteiger partial charge >= 0.3 is 5.97 Å². The maximum atomic E-state index is 12.0. The number of nitrogens with zero attached hydrogens (tertiary/aromatic N) is 2. The van der Waals surface area contributed by atoms with Gasteiger partial charge in [-0.05, 0) is 25.5 Å². The highest BCUT2D eigenvalue weighted by Gasteiger charge is 2.32. The molecule has 7 heteroatoms. The van der Waals surface area contributed by atoms with Gasteiger partial charge in [-0.3, -0.25) is 9.78 Å². The number of nitrogens with one attached hydrogen (secondary N) is 1. The maximum absolute atomic E-state index is 12.0. The van der Waals surface area contributed by atoms with Crippen molar-refractivity contribution in [3.63, 3.8) is 0 Å². The predicted molar refractivity (Wildman–Crippen MR) is 83.5 cm³/mol. The zero-order chi connectivity index (χ0) is 16.2. The van der Waals surface area contributed by atoms with Gasteiger partial charge in [0.05, 0.1) is 12.1 Å². The number of aliphatic carboxylic acids is 1. The number of aromatic nitrogens is 2. The first-order valence-electron chi connectivity index (χ1n) is 6.84. The predicted octanol–water partition coefficient (Wildman–Crippen LogP) is 2.12. The van der Waals surface area contributed by atoms with Crippen LogP contribution in [0.1, 0.15) is 26.0 Å². The normalized spacial score (nSPS) is 13.4. The SMILES string of the molecule is CCC(C)(NC(=O)Cc1csc(-c2cccnc2)n1)C(=O)O. The lowest BCUT2D eigenvalue weighted by Gasteiger charge is -2.24. The van der Waals surface area contributed by atoms with Crippen molar-refractivity contribution in [2.45, 2.75) is 32.2 Å². The molecule has 0 bridgehead atoms. The summed E-state index contributed by atoms with van der Waals surface area (Å²) in [5.74, 6) is -1.40. The lowest BCUT2D eigenvalue weighted by molar-refractivity contribution is -0.146. The summed E-state index contributed by atoms with van der Waals surface area (Å²) >= 11 is 1.43. The fourth-order valence-corrected chi connectivity index (χ4v) is 2.63. The number of amides is 1. The fourth-order valence-electron chi connectivity index (χ4n) is 1.82. The van der Waals surface area contributed by atoms with Crippen molar-refractivity contribution in [1.29, 1.82) is 0 Å². The lowest BCUT2D eigenvalue weighted by Crippen LogP contribution is -2.52. The summed E-state index contributed by atoms with van der Waals surface area (Å²) in [5, 5.41) is 14.3. The molecule has 0 aliphatic rings. The van der Waals surface area contributed by atoms with Crippen LogP contribution in [0.2, 0.25) is 0 Å². The third-order valence-electron chi connectivity index (χ3n) is 3.40. The van der Waals surface area contributed by atoms with E-state index >= 15 is 0 Å². The van der Waals surface area contributed by atoms with E-state index < -0.39 is 11.5 Å². The number of pyridine rings is 1. The molecule has 2 aromatic heterocycles. The molecule has 0 saturated carbocycles. The Bertz CT molecular complexity index is 672. The topological polar surface area (TPSA) is 92.2 Å². The van der Waals surface area contributed by atoms with Crippen molar-refractivity contribution < 1.29 is 14.7 Å². The molecule has 0 aromatic carbocycles. The number of hydrogen-bond donors (Lipinski definition) is 2. The van der Waals surface area contributed by atoms with Crippen LogP contribution < -0.4 is 5.32 Å². The van der Waals surface area contributed by atoms with Crippen LogP contribution in [0.4, 0.5) is 0 Å². The van der Waals surface area contributed by atoms with Crippen molar-refractivity contribution in [3.8, 4) is 10.6 Å². The van der Waals surface area contributed by atoms with Gasteiger partial charge in [0.15, 0.2) is 0 Å². The first-order valence-corrected chi connectivity index (χ1v) is 7.72. The highest BCUT2D eigenvalue weighted by atomic mass is 32.1. The zero-order valence-electron chi connectivity index (χ0n) is 12.4. The first-order chi connectivity index (χ1) is 10.4. The Morgan fingerprint density at radius 2 is 2.23 bits per heavy atom. The molecule has 0 radical (unpaired) electrons. The van der Waals surface area contributed by atoms with E-state index in [1.807, 2.05) is 12.1 Å². The minimum atomic E-state index is -1.25. The molecule has 2 aromatic rings. The minimum Gasteiger partial charge on any atom is -0.480 e. The highest BCUT2D eigenvalue weighted by molar-refractivity contribution is 7.13. The van der Waals surface area contributed by atoms with E-state index in [4.69, 9.17) is 5.11 Å². The van der Waals surface area contributed by atoms with E-state index in [9.17, 15) is 9.59 Å². The van der Waals surface area contributed by atoms with Gasteiger partial charge in [0.25, 0.3) is 0 Å². The molecule has 116 valence electrons. The molecule has 2 N–H and O–H groups in total. The number of hydrogen-bond acceptors (Lipinski definition) is 5. The van der Waals surface area contributed by atoms with Crippen LogP contribution in [-0.4, -0.2) is 32.5 Å². The number of carbonyl (C=O) groups excluding carboxylic acids is 1. The largest absolute Gasteiger partial charge is 0.480 e. The second-order valence-electron chi connectivity index (χ2n) is 5.10. The summed E-state index contributed by atoms with van der Waals surface area (Å²) < 4.78 is 0. The summed E-state index contributed by atoms with van der Waals surface area (Å²) in [5.41, 5.74) is 0.257. The van der Waals surface area contributed by atoms with Gasteiger partial charge in [-0.2, -0.15) is 0 Å². The molecular formula is C15H17N3O3S. The molecule has 0 aliphatic carbocycles. The van der Waals surface area contributed by atoms with Crippen molar-refractivity contribution in [2.75, 3.05) is 0 Å². The van der Waals surface area contributed by atoms with Gasteiger partial charge in [-0.15, -0.1) is 11.3 Å². The van der Waals surface area contributed by atoms with E-state index in [2.05, 4.69) is 15.3 Å². The highest BCUT2D eigenvalue weighted by Crippen LogP contribution is 2.22. The minimum absolute atomic E-state index is 0.0552. The van der Waals surface area contributed by atoms with E-state index in [0.29, 0.717) is 12.1 Å². The molecule has 0 fully saturated rings. The molecule has 1 unspecified atom stereocenters. The van der Waals surface area contributed by atoms with Crippen LogP contribution in [0.5, 0.6) is 0 Å². The van der Waals surface area contributed by atoms with Crippen molar-refractivity contribution in [3.05, 3.63) is 35.6 Å². The lowest BCUT2D eigenvalue weighted by atomic mass is 9.99. The van der Waals surface area contributed by atoms with Gasteiger partial charge in [0.1, 0.15) is 10.5 Å².